The number of aryl methyl sites for hydroxylation is 1. The van der Waals surface area contributed by atoms with E-state index in [0.29, 0.717) is 41.6 Å². The molecule has 4 rings (SSSR count). The predicted molar refractivity (Wildman–Crippen MR) is 151 cm³/mol. The van der Waals surface area contributed by atoms with E-state index in [-0.39, 0.29) is 30.7 Å². The van der Waals surface area contributed by atoms with Crippen LogP contribution in [0.4, 0.5) is 5.69 Å². The van der Waals surface area contributed by atoms with E-state index < -0.39 is 0 Å². The number of tetrazole rings is 1. The number of aromatic nitrogens is 5. The monoisotopic (exact) mass is 542 g/mol. The van der Waals surface area contributed by atoms with Crippen molar-refractivity contribution in [2.45, 2.75) is 40.3 Å². The lowest BCUT2D eigenvalue weighted by Gasteiger charge is -2.21. The molecule has 0 radical (unpaired) electrons. The van der Waals surface area contributed by atoms with Crippen molar-refractivity contribution >= 4 is 36.4 Å². The van der Waals surface area contributed by atoms with Gasteiger partial charge in [-0.3, -0.25) is 9.78 Å². The number of hydrogen-bond donors (Lipinski definition) is 4. The number of carbonyl (C=O) groups excluding carboxylic acids is 1. The van der Waals surface area contributed by atoms with E-state index in [0.717, 1.165) is 40.1 Å². The number of hydrogen-bond acceptors (Lipinski definition) is 7. The zero-order chi connectivity index (χ0) is 24.9. The highest BCUT2D eigenvalue weighted by atomic mass is 35.5. The molecule has 0 saturated carbocycles. The summed E-state index contributed by atoms with van der Waals surface area (Å²) in [5.41, 5.74) is 19.4. The van der Waals surface area contributed by atoms with Gasteiger partial charge >= 0.3 is 0 Å². The highest BCUT2D eigenvalue weighted by molar-refractivity contribution is 6.07. The third-order valence-electron chi connectivity index (χ3n) is 5.83. The zero-order valence-corrected chi connectivity index (χ0v) is 22.6. The number of aromatic amines is 1. The summed E-state index contributed by atoms with van der Waals surface area (Å²) in [7, 11) is 0. The molecule has 0 fully saturated rings. The summed E-state index contributed by atoms with van der Waals surface area (Å²) >= 11 is 0. The molecule has 0 atom stereocenters. The maximum absolute atomic E-state index is 13.4. The van der Waals surface area contributed by atoms with Crippen LogP contribution in [0.2, 0.25) is 0 Å². The van der Waals surface area contributed by atoms with E-state index in [1.54, 1.807) is 18.2 Å². The van der Waals surface area contributed by atoms with Crippen LogP contribution in [0, 0.1) is 12.8 Å². The Balaban J connectivity index is 0.00000241. The van der Waals surface area contributed by atoms with Crippen molar-refractivity contribution in [3.05, 3.63) is 76.6 Å². The number of carbonyl (C=O) groups is 1. The van der Waals surface area contributed by atoms with Gasteiger partial charge in [0.15, 0.2) is 5.82 Å². The summed E-state index contributed by atoms with van der Waals surface area (Å²) in [6, 6.07) is 15.1. The minimum Gasteiger partial charge on any atom is -0.326 e. The Morgan fingerprint density at radius 1 is 1.03 bits per heavy atom. The second-order valence-electron chi connectivity index (χ2n) is 8.86. The third kappa shape index (κ3) is 6.69. The molecule has 0 bridgehead atoms. The minimum atomic E-state index is -0.261. The van der Waals surface area contributed by atoms with Gasteiger partial charge < -0.3 is 16.8 Å². The number of amides is 1. The molecule has 0 unspecified atom stereocenters. The third-order valence-corrected chi connectivity index (χ3v) is 5.83. The Hall–Kier alpha value is -3.37. The van der Waals surface area contributed by atoms with Gasteiger partial charge in [-0.05, 0) is 58.5 Å². The van der Waals surface area contributed by atoms with Crippen molar-refractivity contribution in [3.8, 4) is 22.5 Å². The molecule has 1 amide bonds. The van der Waals surface area contributed by atoms with Crippen LogP contribution in [0.15, 0.2) is 48.5 Å². The van der Waals surface area contributed by atoms with Crippen LogP contribution >= 0.6 is 24.8 Å². The molecule has 2 heterocycles. The minimum absolute atomic E-state index is 0. The molecule has 0 aliphatic carbocycles. The molecule has 0 aliphatic rings. The topological polar surface area (TPSA) is 148 Å². The van der Waals surface area contributed by atoms with Crippen LogP contribution in [-0.2, 0) is 19.5 Å². The van der Waals surface area contributed by atoms with Crippen molar-refractivity contribution in [1.29, 1.82) is 0 Å². The Kier molecular flexibility index (Phi) is 10.7. The second-order valence-corrected chi connectivity index (χ2v) is 8.86. The van der Waals surface area contributed by atoms with Gasteiger partial charge in [-0.15, -0.1) is 29.9 Å². The number of anilines is 1. The molecule has 4 aromatic rings. The summed E-state index contributed by atoms with van der Waals surface area (Å²) in [4.78, 5) is 18.2. The number of rotatable bonds is 8. The van der Waals surface area contributed by atoms with Gasteiger partial charge in [0.05, 0.1) is 11.4 Å². The number of nitrogens with zero attached hydrogens (tertiary/aromatic N) is 4. The van der Waals surface area contributed by atoms with Crippen molar-refractivity contribution < 1.29 is 4.79 Å². The lowest BCUT2D eigenvalue weighted by atomic mass is 9.92. The fourth-order valence-electron chi connectivity index (χ4n) is 4.13. The number of pyridine rings is 1. The van der Waals surface area contributed by atoms with Crippen LogP contribution in [0.5, 0.6) is 0 Å². The smallest absolute Gasteiger partial charge is 0.255 e. The average Bonchev–Trinajstić information content (AvgIpc) is 3.40. The molecule has 0 aliphatic heterocycles. The second kappa shape index (κ2) is 13.3. The molecule has 6 N–H and O–H groups in total. The molecule has 37 heavy (non-hydrogen) atoms. The molecule has 11 heteroatoms. The Bertz CT molecular complexity index is 1330. The van der Waals surface area contributed by atoms with Gasteiger partial charge in [-0.2, -0.15) is 0 Å². The predicted octanol–water partition coefficient (Wildman–Crippen LogP) is 4.45. The van der Waals surface area contributed by atoms with Crippen molar-refractivity contribution in [1.82, 2.24) is 25.6 Å². The summed E-state index contributed by atoms with van der Waals surface area (Å²) in [6.07, 6.45) is 0.794. The van der Waals surface area contributed by atoms with Gasteiger partial charge in [0, 0.05) is 35.5 Å². The van der Waals surface area contributed by atoms with Crippen LogP contribution in [0.1, 0.15) is 46.7 Å². The SMILES string of the molecule is Cc1nc(CC(C)C)c(CN)c(-c2ccc(CN)cc2)c1NC(=O)c1cccc(-c2nnn[nH]2)c1.Cl.Cl. The van der Waals surface area contributed by atoms with E-state index in [4.69, 9.17) is 16.5 Å². The standard InChI is InChI=1S/C26H30N8O.2ClH/c1-15(2)11-22-21(14-28)23(18-9-7-17(13-27)8-10-18)24(16(3)29-22)30-26(35)20-6-4-5-19(12-20)25-31-33-34-32-25;;/h4-10,12,15H,11,13-14,27-28H2,1-3H3,(H,30,35)(H,31,32,33,34);2*1H. The highest BCUT2D eigenvalue weighted by Crippen LogP contribution is 2.36. The first-order chi connectivity index (χ1) is 16.9. The Labute approximate surface area is 228 Å². The first-order valence-electron chi connectivity index (χ1n) is 11.6. The van der Waals surface area contributed by atoms with Gasteiger partial charge in [0.2, 0.25) is 0 Å². The van der Waals surface area contributed by atoms with Crippen LogP contribution in [0.3, 0.4) is 0 Å². The van der Waals surface area contributed by atoms with Crippen molar-refractivity contribution in [2.75, 3.05) is 5.32 Å². The maximum Gasteiger partial charge on any atom is 0.255 e. The van der Waals surface area contributed by atoms with Crippen molar-refractivity contribution in [3.63, 3.8) is 0 Å². The first-order valence-corrected chi connectivity index (χ1v) is 11.6. The fourth-order valence-corrected chi connectivity index (χ4v) is 4.13. The summed E-state index contributed by atoms with van der Waals surface area (Å²) in [5.74, 6) is 0.638. The summed E-state index contributed by atoms with van der Waals surface area (Å²) < 4.78 is 0. The van der Waals surface area contributed by atoms with Crippen LogP contribution in [0.25, 0.3) is 22.5 Å². The summed E-state index contributed by atoms with van der Waals surface area (Å²) in [5, 5.41) is 17.0. The van der Waals surface area contributed by atoms with Crippen LogP contribution < -0.4 is 16.8 Å². The Morgan fingerprint density at radius 2 is 1.76 bits per heavy atom. The maximum atomic E-state index is 13.4. The van der Waals surface area contributed by atoms with E-state index in [9.17, 15) is 4.79 Å². The number of H-pyrrole nitrogens is 1. The normalized spacial score (nSPS) is 10.5. The molecule has 9 nitrogen and oxygen atoms in total. The molecular weight excluding hydrogens is 511 g/mol. The quantitative estimate of drug-likeness (QED) is 0.257. The van der Waals surface area contributed by atoms with E-state index in [1.807, 2.05) is 37.3 Å². The fraction of sp³-hybridized carbons (Fsp3) is 0.269. The molecule has 2 aromatic heterocycles. The molecule has 196 valence electrons. The lowest BCUT2D eigenvalue weighted by Crippen LogP contribution is -2.18. The average molecular weight is 544 g/mol. The highest BCUT2D eigenvalue weighted by Gasteiger charge is 2.21. The van der Waals surface area contributed by atoms with E-state index in [1.165, 1.54) is 0 Å². The largest absolute Gasteiger partial charge is 0.326 e. The molecular formula is C26H32Cl2N8O. The molecule has 0 saturated heterocycles. The lowest BCUT2D eigenvalue weighted by molar-refractivity contribution is 0.102. The number of benzene rings is 2. The van der Waals surface area contributed by atoms with Gasteiger partial charge in [0.25, 0.3) is 5.91 Å². The zero-order valence-electron chi connectivity index (χ0n) is 21.0. The van der Waals surface area contributed by atoms with E-state index in [2.05, 4.69) is 39.8 Å². The van der Waals surface area contributed by atoms with Gasteiger partial charge in [-0.1, -0.05) is 50.2 Å². The molecule has 2 aromatic carbocycles. The van der Waals surface area contributed by atoms with Crippen molar-refractivity contribution in [2.24, 2.45) is 17.4 Å². The number of halogens is 2. The van der Waals surface area contributed by atoms with Crippen LogP contribution in [-0.4, -0.2) is 31.5 Å². The first kappa shape index (κ1) is 29.9. The summed E-state index contributed by atoms with van der Waals surface area (Å²) in [6.45, 7) is 6.98. The van der Waals surface area contributed by atoms with Gasteiger partial charge in [-0.25, -0.2) is 5.10 Å². The Morgan fingerprint density at radius 3 is 2.35 bits per heavy atom. The molecule has 0 spiro atoms. The van der Waals surface area contributed by atoms with Gasteiger partial charge in [0.1, 0.15) is 0 Å². The van der Waals surface area contributed by atoms with E-state index >= 15 is 0 Å². The number of nitrogens with two attached hydrogens (primary N) is 2. The number of nitrogens with one attached hydrogen (secondary N) is 2.